The summed E-state index contributed by atoms with van der Waals surface area (Å²) in [5, 5.41) is 0. The van der Waals surface area contributed by atoms with Gasteiger partial charge >= 0.3 is 0 Å². The highest BCUT2D eigenvalue weighted by Gasteiger charge is 2.33. The molecule has 0 N–H and O–H groups in total. The fourth-order valence-electron chi connectivity index (χ4n) is 1.39. The van der Waals surface area contributed by atoms with Crippen LogP contribution >= 0.6 is 0 Å². The third kappa shape index (κ3) is 0.897. The molecule has 0 amide bonds. The molecule has 1 saturated heterocycles. The molecular weight excluding hydrogens is 96.9 g/mol. The van der Waals surface area contributed by atoms with Crippen molar-refractivity contribution in [3.05, 3.63) is 0 Å². The van der Waals surface area contributed by atoms with Crippen molar-refractivity contribution in [3.8, 4) is 0 Å². The van der Waals surface area contributed by atoms with Crippen molar-refractivity contribution >= 4 is 7.85 Å². The Morgan fingerprint density at radius 1 is 1.62 bits per heavy atom. The molecule has 0 spiro atoms. The molecule has 2 radical (unpaired) electrons. The monoisotopic (exact) mass is 109 g/mol. The first-order valence-corrected chi connectivity index (χ1v) is 3.05. The molecule has 1 aliphatic heterocycles. The van der Waals surface area contributed by atoms with Crippen LogP contribution in [0, 0.1) is 5.41 Å². The molecule has 0 atom stereocenters. The molecule has 0 aromatic heterocycles. The van der Waals surface area contributed by atoms with Crippen molar-refractivity contribution in [1.82, 2.24) is 4.90 Å². The van der Waals surface area contributed by atoms with Gasteiger partial charge in [0.25, 0.3) is 0 Å². The Morgan fingerprint density at radius 2 is 2.12 bits per heavy atom. The fourth-order valence-corrected chi connectivity index (χ4v) is 1.39. The van der Waals surface area contributed by atoms with Crippen LogP contribution in [0.25, 0.3) is 0 Å². The molecule has 1 fully saturated rings. The molecule has 2 heteroatoms. The second kappa shape index (κ2) is 1.76. The predicted molar refractivity (Wildman–Crippen MR) is 36.2 cm³/mol. The first-order chi connectivity index (χ1) is 3.66. The van der Waals surface area contributed by atoms with Crippen molar-refractivity contribution in [1.29, 1.82) is 0 Å². The van der Waals surface area contributed by atoms with E-state index in [-0.39, 0.29) is 0 Å². The predicted octanol–water partition coefficient (Wildman–Crippen LogP) is 0.525. The summed E-state index contributed by atoms with van der Waals surface area (Å²) in [6.07, 6.45) is 0.831. The highest BCUT2D eigenvalue weighted by Crippen LogP contribution is 2.30. The first kappa shape index (κ1) is 6.15. The summed E-state index contributed by atoms with van der Waals surface area (Å²) < 4.78 is 0. The lowest BCUT2D eigenvalue weighted by Crippen LogP contribution is -2.51. The molecule has 0 aromatic rings. The number of nitrogens with zero attached hydrogens (tertiary/aromatic N) is 1. The smallest absolute Gasteiger partial charge is 0.0661 e. The average Bonchev–Trinajstić information content (AvgIpc) is 1.63. The highest BCUT2D eigenvalue weighted by molar-refractivity contribution is 6.09. The van der Waals surface area contributed by atoms with E-state index >= 15 is 0 Å². The molecule has 0 unspecified atom stereocenters. The summed E-state index contributed by atoms with van der Waals surface area (Å²) in [4.78, 5) is 2.28. The van der Waals surface area contributed by atoms with Crippen LogP contribution in [0.15, 0.2) is 0 Å². The zero-order valence-corrected chi connectivity index (χ0v) is 5.65. The van der Waals surface area contributed by atoms with Crippen molar-refractivity contribution in [2.45, 2.75) is 13.2 Å². The van der Waals surface area contributed by atoms with E-state index < -0.39 is 0 Å². The molecule has 1 heterocycles. The zero-order chi connectivity index (χ0) is 6.20. The van der Waals surface area contributed by atoms with E-state index in [1.54, 1.807) is 0 Å². The molecule has 1 nitrogen and oxygen atoms in total. The molecule has 44 valence electrons. The van der Waals surface area contributed by atoms with Gasteiger partial charge in [-0.3, -0.25) is 0 Å². The number of hydrogen-bond acceptors (Lipinski definition) is 1. The van der Waals surface area contributed by atoms with Gasteiger partial charge < -0.3 is 4.90 Å². The molecule has 0 aliphatic carbocycles. The lowest BCUT2D eigenvalue weighted by Gasteiger charge is -2.46. The van der Waals surface area contributed by atoms with Crippen molar-refractivity contribution in [2.75, 3.05) is 20.1 Å². The number of hydrogen-bond donors (Lipinski definition) is 0. The zero-order valence-electron chi connectivity index (χ0n) is 5.65. The molecule has 1 rings (SSSR count). The van der Waals surface area contributed by atoms with Crippen molar-refractivity contribution in [2.24, 2.45) is 5.41 Å². The van der Waals surface area contributed by atoms with Gasteiger partial charge in [-0.25, -0.2) is 0 Å². The van der Waals surface area contributed by atoms with Crippen LogP contribution in [0.1, 0.15) is 6.92 Å². The number of likely N-dealkylation sites (tertiary alicyclic amines) is 1. The maximum absolute atomic E-state index is 5.50. The maximum atomic E-state index is 5.50. The Labute approximate surface area is 52.5 Å². The maximum Gasteiger partial charge on any atom is 0.0661 e. The van der Waals surface area contributed by atoms with Crippen molar-refractivity contribution < 1.29 is 0 Å². The molecule has 0 aromatic carbocycles. The van der Waals surface area contributed by atoms with E-state index in [0.717, 1.165) is 6.32 Å². The molecule has 1 aliphatic rings. The minimum absolute atomic E-state index is 0.439. The Hall–Kier alpha value is 0.0249. The normalized spacial score (nSPS) is 27.2. The Balaban J connectivity index is 2.30. The molecular formula is C6H12BN. The van der Waals surface area contributed by atoms with Crippen LogP contribution in [-0.2, 0) is 0 Å². The summed E-state index contributed by atoms with van der Waals surface area (Å²) in [7, 11) is 7.63. The Morgan fingerprint density at radius 3 is 2.25 bits per heavy atom. The summed E-state index contributed by atoms with van der Waals surface area (Å²) in [6.45, 7) is 4.57. The van der Waals surface area contributed by atoms with Gasteiger partial charge in [-0.1, -0.05) is 13.2 Å². The van der Waals surface area contributed by atoms with E-state index in [2.05, 4.69) is 18.9 Å². The summed E-state index contributed by atoms with van der Waals surface area (Å²) in [5.41, 5.74) is 0.439. The standard InChI is InChI=1S/C6H12BN/c1-6(3-7)4-8(2)5-6/h3-5H2,1-2H3. The molecule has 0 bridgehead atoms. The minimum atomic E-state index is 0.439. The second-order valence-corrected chi connectivity index (χ2v) is 3.19. The van der Waals surface area contributed by atoms with Gasteiger partial charge in [0.15, 0.2) is 0 Å². The van der Waals surface area contributed by atoms with Crippen molar-refractivity contribution in [3.63, 3.8) is 0 Å². The Bertz CT molecular complexity index is 86.5. The van der Waals surface area contributed by atoms with Crippen LogP contribution in [0.4, 0.5) is 0 Å². The summed E-state index contributed by atoms with van der Waals surface area (Å²) in [5.74, 6) is 0. The van der Waals surface area contributed by atoms with E-state index in [1.807, 2.05) is 0 Å². The van der Waals surface area contributed by atoms with Gasteiger partial charge in [-0.05, 0) is 12.5 Å². The lowest BCUT2D eigenvalue weighted by atomic mass is 9.72. The van der Waals surface area contributed by atoms with E-state index in [1.165, 1.54) is 13.1 Å². The summed E-state index contributed by atoms with van der Waals surface area (Å²) in [6, 6.07) is 0. The van der Waals surface area contributed by atoms with Crippen LogP contribution in [-0.4, -0.2) is 32.9 Å². The largest absolute Gasteiger partial charge is 0.305 e. The van der Waals surface area contributed by atoms with E-state index in [9.17, 15) is 0 Å². The fraction of sp³-hybridized carbons (Fsp3) is 1.00. The van der Waals surface area contributed by atoms with Crippen LogP contribution in [0.3, 0.4) is 0 Å². The van der Waals surface area contributed by atoms with Gasteiger partial charge in [-0.15, -0.1) is 0 Å². The third-order valence-corrected chi connectivity index (χ3v) is 1.80. The van der Waals surface area contributed by atoms with Crippen LogP contribution < -0.4 is 0 Å². The van der Waals surface area contributed by atoms with Gasteiger partial charge in [0.2, 0.25) is 0 Å². The average molecular weight is 109 g/mol. The highest BCUT2D eigenvalue weighted by atomic mass is 15.2. The van der Waals surface area contributed by atoms with Gasteiger partial charge in [0.1, 0.15) is 0 Å². The van der Waals surface area contributed by atoms with Gasteiger partial charge in [0.05, 0.1) is 7.85 Å². The Kier molecular flexibility index (Phi) is 1.36. The van der Waals surface area contributed by atoms with E-state index in [0.29, 0.717) is 5.41 Å². The van der Waals surface area contributed by atoms with Crippen LogP contribution in [0.5, 0.6) is 0 Å². The van der Waals surface area contributed by atoms with Gasteiger partial charge in [0, 0.05) is 13.1 Å². The van der Waals surface area contributed by atoms with Crippen LogP contribution in [0.2, 0.25) is 6.32 Å². The topological polar surface area (TPSA) is 3.24 Å². The van der Waals surface area contributed by atoms with Gasteiger partial charge in [-0.2, -0.15) is 0 Å². The SMILES string of the molecule is [B]CC1(C)CN(C)C1. The molecule has 0 saturated carbocycles. The minimum Gasteiger partial charge on any atom is -0.305 e. The number of rotatable bonds is 1. The second-order valence-electron chi connectivity index (χ2n) is 3.19. The first-order valence-electron chi connectivity index (χ1n) is 3.05. The summed E-state index contributed by atoms with van der Waals surface area (Å²) >= 11 is 0. The lowest BCUT2D eigenvalue weighted by molar-refractivity contribution is 0.0576. The third-order valence-electron chi connectivity index (χ3n) is 1.80. The quantitative estimate of drug-likeness (QED) is 0.444. The molecule has 8 heavy (non-hydrogen) atoms. The van der Waals surface area contributed by atoms with E-state index in [4.69, 9.17) is 7.85 Å².